The molecule has 0 atom stereocenters. The van der Waals surface area contributed by atoms with Gasteiger partial charge in [0.05, 0.1) is 17.7 Å². The molecule has 0 aliphatic carbocycles. The molecule has 0 radical (unpaired) electrons. The van der Waals surface area contributed by atoms with Gasteiger partial charge in [-0.15, -0.1) is 11.3 Å². The van der Waals surface area contributed by atoms with Crippen molar-refractivity contribution in [3.8, 4) is 22.3 Å². The van der Waals surface area contributed by atoms with Crippen LogP contribution < -0.4 is 14.8 Å². The zero-order valence-corrected chi connectivity index (χ0v) is 15.8. The quantitative estimate of drug-likeness (QED) is 0.555. The van der Waals surface area contributed by atoms with E-state index in [1.165, 1.54) is 0 Å². The van der Waals surface area contributed by atoms with E-state index in [0.717, 1.165) is 27.5 Å². The first-order valence-corrected chi connectivity index (χ1v) is 9.17. The highest BCUT2D eigenvalue weighted by Gasteiger charge is 2.09. The van der Waals surface area contributed by atoms with Crippen molar-refractivity contribution in [1.82, 2.24) is 10.3 Å². The molecule has 136 valence electrons. The average Bonchev–Trinajstić information content (AvgIpc) is 3.31. The van der Waals surface area contributed by atoms with Crippen molar-refractivity contribution in [1.29, 1.82) is 0 Å². The predicted octanol–water partition coefficient (Wildman–Crippen LogP) is 4.66. The summed E-state index contributed by atoms with van der Waals surface area (Å²) in [6, 6.07) is 9.89. The van der Waals surface area contributed by atoms with Crippen molar-refractivity contribution in [2.45, 2.75) is 20.0 Å². The van der Waals surface area contributed by atoms with Crippen LogP contribution in [0.5, 0.6) is 11.5 Å². The summed E-state index contributed by atoms with van der Waals surface area (Å²) in [7, 11) is 1.64. The number of benzene rings is 1. The third-order valence-corrected chi connectivity index (χ3v) is 4.48. The smallest absolute Gasteiger partial charge is 0.236 e. The van der Waals surface area contributed by atoms with Gasteiger partial charge < -0.3 is 19.2 Å². The number of aromatic nitrogens is 1. The standard InChI is InChI=1S/C20H22N2O3S/c1-14(2)12-24-18-9-15(6-7-17(18)23-3)10-21-11-16-13-25-20(22-16)19-5-4-8-26-19/h4-9,13,21H,1,10-12H2,2-3H3. The van der Waals surface area contributed by atoms with Crippen LogP contribution in [0.25, 0.3) is 10.8 Å². The van der Waals surface area contributed by atoms with E-state index in [4.69, 9.17) is 13.9 Å². The fourth-order valence-corrected chi connectivity index (χ4v) is 3.04. The fourth-order valence-electron chi connectivity index (χ4n) is 2.38. The first-order chi connectivity index (χ1) is 12.7. The third-order valence-electron chi connectivity index (χ3n) is 3.62. The van der Waals surface area contributed by atoms with Crippen molar-refractivity contribution < 1.29 is 13.9 Å². The highest BCUT2D eigenvalue weighted by atomic mass is 32.1. The predicted molar refractivity (Wildman–Crippen MR) is 104 cm³/mol. The van der Waals surface area contributed by atoms with Crippen LogP contribution in [-0.4, -0.2) is 18.7 Å². The molecule has 2 aromatic heterocycles. The van der Waals surface area contributed by atoms with Gasteiger partial charge in [-0.25, -0.2) is 4.98 Å². The summed E-state index contributed by atoms with van der Waals surface area (Å²) in [5, 5.41) is 5.38. The van der Waals surface area contributed by atoms with E-state index in [0.29, 0.717) is 31.3 Å². The Kier molecular flexibility index (Phi) is 6.09. The summed E-state index contributed by atoms with van der Waals surface area (Å²) in [6.45, 7) is 7.58. The molecular formula is C20H22N2O3S. The molecule has 0 amide bonds. The molecule has 2 heterocycles. The van der Waals surface area contributed by atoms with Gasteiger partial charge in [0.25, 0.3) is 0 Å². The molecule has 0 bridgehead atoms. The van der Waals surface area contributed by atoms with Crippen molar-refractivity contribution in [2.75, 3.05) is 13.7 Å². The Bertz CT molecular complexity index is 856. The van der Waals surface area contributed by atoms with Gasteiger partial charge in [-0.3, -0.25) is 0 Å². The lowest BCUT2D eigenvalue weighted by Crippen LogP contribution is -2.13. The van der Waals surface area contributed by atoms with Crippen molar-refractivity contribution in [3.63, 3.8) is 0 Å². The number of thiophene rings is 1. The molecule has 3 rings (SSSR count). The highest BCUT2D eigenvalue weighted by molar-refractivity contribution is 7.13. The SMILES string of the molecule is C=C(C)COc1cc(CNCc2coc(-c3cccs3)n2)ccc1OC. The summed E-state index contributed by atoms with van der Waals surface area (Å²) in [5.41, 5.74) is 2.94. The second-order valence-electron chi connectivity index (χ2n) is 5.96. The van der Waals surface area contributed by atoms with Crippen LogP contribution in [0.3, 0.4) is 0 Å². The van der Waals surface area contributed by atoms with Crippen molar-refractivity contribution >= 4 is 11.3 Å². The van der Waals surface area contributed by atoms with E-state index in [2.05, 4.69) is 16.9 Å². The second-order valence-corrected chi connectivity index (χ2v) is 6.90. The molecule has 26 heavy (non-hydrogen) atoms. The van der Waals surface area contributed by atoms with E-state index in [1.807, 2.05) is 42.6 Å². The van der Waals surface area contributed by atoms with Gasteiger partial charge in [0.2, 0.25) is 5.89 Å². The zero-order chi connectivity index (χ0) is 18.4. The van der Waals surface area contributed by atoms with E-state index in [1.54, 1.807) is 24.7 Å². The molecule has 5 nitrogen and oxygen atoms in total. The Morgan fingerprint density at radius 2 is 2.15 bits per heavy atom. The number of rotatable bonds is 9. The normalized spacial score (nSPS) is 10.7. The molecule has 0 aliphatic rings. The van der Waals surface area contributed by atoms with Gasteiger partial charge in [-0.2, -0.15) is 0 Å². The monoisotopic (exact) mass is 370 g/mol. The van der Waals surface area contributed by atoms with Crippen LogP contribution in [0.2, 0.25) is 0 Å². The maximum Gasteiger partial charge on any atom is 0.236 e. The summed E-state index contributed by atoms with van der Waals surface area (Å²) < 4.78 is 16.6. The zero-order valence-electron chi connectivity index (χ0n) is 15.0. The molecule has 0 fully saturated rings. The number of nitrogens with one attached hydrogen (secondary N) is 1. The number of hydrogen-bond acceptors (Lipinski definition) is 6. The van der Waals surface area contributed by atoms with Crippen molar-refractivity contribution in [2.24, 2.45) is 0 Å². The van der Waals surface area contributed by atoms with Gasteiger partial charge in [0.1, 0.15) is 12.9 Å². The van der Waals surface area contributed by atoms with Crippen LogP contribution in [-0.2, 0) is 13.1 Å². The number of methoxy groups -OCH3 is 1. The number of hydrogen-bond donors (Lipinski definition) is 1. The van der Waals surface area contributed by atoms with Gasteiger partial charge in [-0.1, -0.05) is 18.7 Å². The summed E-state index contributed by atoms with van der Waals surface area (Å²) in [6.07, 6.45) is 1.69. The van der Waals surface area contributed by atoms with E-state index >= 15 is 0 Å². The second kappa shape index (κ2) is 8.69. The molecule has 0 saturated carbocycles. The van der Waals surface area contributed by atoms with Gasteiger partial charge in [0, 0.05) is 13.1 Å². The molecular weight excluding hydrogens is 348 g/mol. The topological polar surface area (TPSA) is 56.5 Å². The summed E-state index contributed by atoms with van der Waals surface area (Å²) >= 11 is 1.61. The maximum absolute atomic E-state index is 5.76. The minimum Gasteiger partial charge on any atom is -0.493 e. The van der Waals surface area contributed by atoms with Gasteiger partial charge in [0.15, 0.2) is 11.5 Å². The largest absolute Gasteiger partial charge is 0.493 e. The summed E-state index contributed by atoms with van der Waals surface area (Å²) in [4.78, 5) is 5.54. The molecule has 3 aromatic rings. The summed E-state index contributed by atoms with van der Waals surface area (Å²) in [5.74, 6) is 2.10. The van der Waals surface area contributed by atoms with E-state index in [9.17, 15) is 0 Å². The first-order valence-electron chi connectivity index (χ1n) is 8.29. The lowest BCUT2D eigenvalue weighted by atomic mass is 10.2. The molecule has 6 heteroatoms. The highest BCUT2D eigenvalue weighted by Crippen LogP contribution is 2.28. The Morgan fingerprint density at radius 1 is 1.27 bits per heavy atom. The number of ether oxygens (including phenoxy) is 2. The van der Waals surface area contributed by atoms with Crippen molar-refractivity contribution in [3.05, 3.63) is 65.4 Å². The van der Waals surface area contributed by atoms with Crippen LogP contribution >= 0.6 is 11.3 Å². The molecule has 0 spiro atoms. The maximum atomic E-state index is 5.76. The minimum atomic E-state index is 0.470. The molecule has 0 saturated heterocycles. The number of nitrogens with zero attached hydrogens (tertiary/aromatic N) is 1. The Hall–Kier alpha value is -2.57. The van der Waals surface area contributed by atoms with Gasteiger partial charge >= 0.3 is 0 Å². The number of oxazole rings is 1. The lowest BCUT2D eigenvalue weighted by molar-refractivity contribution is 0.319. The molecule has 1 aromatic carbocycles. The minimum absolute atomic E-state index is 0.470. The fraction of sp³-hybridized carbons (Fsp3) is 0.250. The van der Waals surface area contributed by atoms with Crippen LogP contribution in [0, 0.1) is 0 Å². The lowest BCUT2D eigenvalue weighted by Gasteiger charge is -2.12. The third kappa shape index (κ3) is 4.74. The van der Waals surface area contributed by atoms with Crippen LogP contribution in [0.1, 0.15) is 18.2 Å². The Morgan fingerprint density at radius 3 is 2.88 bits per heavy atom. The Labute approximate surface area is 157 Å². The molecule has 1 N–H and O–H groups in total. The van der Waals surface area contributed by atoms with Crippen LogP contribution in [0.15, 0.2) is 58.5 Å². The average molecular weight is 370 g/mol. The van der Waals surface area contributed by atoms with E-state index in [-0.39, 0.29) is 0 Å². The molecule has 0 aliphatic heterocycles. The molecule has 0 unspecified atom stereocenters. The Balaban J connectivity index is 1.57. The van der Waals surface area contributed by atoms with Crippen LogP contribution in [0.4, 0.5) is 0 Å². The first kappa shape index (κ1) is 18.2. The van der Waals surface area contributed by atoms with E-state index < -0.39 is 0 Å². The van der Waals surface area contributed by atoms with Gasteiger partial charge in [-0.05, 0) is 41.6 Å².